The molecular weight excluding hydrogens is 465 g/mol. The topological polar surface area (TPSA) is 106 Å². The van der Waals surface area contributed by atoms with E-state index < -0.39 is 29.2 Å². The van der Waals surface area contributed by atoms with Crippen molar-refractivity contribution in [3.05, 3.63) is 29.8 Å². The Morgan fingerprint density at radius 2 is 1.65 bits per heavy atom. The third-order valence-corrected chi connectivity index (χ3v) is 5.98. The van der Waals surface area contributed by atoms with E-state index in [9.17, 15) is 14.4 Å². The van der Waals surface area contributed by atoms with Crippen LogP contribution in [-0.4, -0.2) is 63.7 Å². The monoisotopic (exact) mass is 501 g/mol. The van der Waals surface area contributed by atoms with Gasteiger partial charge in [-0.05, 0) is 0 Å². The Hall–Kier alpha value is -2.25. The van der Waals surface area contributed by atoms with E-state index in [0.717, 1.165) is 16.6 Å². The number of rotatable bonds is 9. The van der Waals surface area contributed by atoms with Crippen molar-refractivity contribution >= 4 is 32.9 Å². The molecule has 0 aliphatic heterocycles. The number of alkyl carbamates (subject to hydrolysis) is 1. The molecule has 1 aromatic carbocycles. The average molecular weight is 500 g/mol. The molecule has 0 aromatic heterocycles. The molecule has 174 valence electrons. The van der Waals surface area contributed by atoms with Crippen LogP contribution in [0.1, 0.15) is 47.1 Å². The van der Waals surface area contributed by atoms with Gasteiger partial charge in [-0.25, -0.2) is 0 Å². The van der Waals surface area contributed by atoms with Crippen LogP contribution < -0.4 is 20.7 Å². The Balaban J connectivity index is 2.64. The summed E-state index contributed by atoms with van der Waals surface area (Å²) < 4.78 is 10.3. The van der Waals surface area contributed by atoms with Gasteiger partial charge in [0.1, 0.15) is 0 Å². The molecule has 9 heteroatoms. The Labute approximate surface area is 191 Å². The van der Waals surface area contributed by atoms with Crippen molar-refractivity contribution in [2.45, 2.75) is 69.4 Å². The van der Waals surface area contributed by atoms with Crippen molar-refractivity contribution in [3.8, 4) is 5.75 Å². The first-order chi connectivity index (χ1) is 14.3. The number of hydrogen-bond donors (Lipinski definition) is 3. The van der Waals surface area contributed by atoms with Gasteiger partial charge in [-0.3, -0.25) is 0 Å². The van der Waals surface area contributed by atoms with Crippen LogP contribution in [-0.2, 0) is 19.6 Å². The summed E-state index contributed by atoms with van der Waals surface area (Å²) in [6, 6.07) is 7.12. The van der Waals surface area contributed by atoms with Gasteiger partial charge in [0.25, 0.3) is 0 Å². The first-order valence-electron chi connectivity index (χ1n) is 10.1. The molecule has 3 amide bonds. The predicted octanol–water partition coefficient (Wildman–Crippen LogP) is 2.24. The van der Waals surface area contributed by atoms with Gasteiger partial charge in [-0.1, -0.05) is 0 Å². The first kappa shape index (κ1) is 26.8. The molecule has 0 saturated carbocycles. The summed E-state index contributed by atoms with van der Waals surface area (Å²) >= 11 is 0.0837. The van der Waals surface area contributed by atoms with Gasteiger partial charge in [0.2, 0.25) is 0 Å². The quantitative estimate of drug-likeness (QED) is 0.451. The summed E-state index contributed by atoms with van der Waals surface area (Å²) in [4.78, 5) is 36.8. The van der Waals surface area contributed by atoms with Crippen LogP contribution in [0.2, 0.25) is 5.32 Å². The van der Waals surface area contributed by atoms with Gasteiger partial charge in [0, 0.05) is 0 Å². The van der Waals surface area contributed by atoms with E-state index in [2.05, 4.69) is 16.0 Å². The van der Waals surface area contributed by atoms with E-state index in [1.807, 2.05) is 45.0 Å². The molecule has 0 spiro atoms. The molecule has 1 aromatic rings. The SMILES string of the molecule is COc1ccc(C[Se]CC(NC(=O)CNC(=O)OC(C)(C)C)C(=O)NC(C)(C)C)cc1. The van der Waals surface area contributed by atoms with E-state index in [1.54, 1.807) is 27.9 Å². The molecule has 0 saturated heterocycles. The number of carbonyl (C=O) groups excluding carboxylic acids is 3. The standard InChI is InChI=1S/C22H35N3O5Se/c1-21(2,3)25-19(27)17(14-31-13-15-8-10-16(29-7)11-9-15)24-18(26)12-23-20(28)30-22(4,5)6/h8-11,17H,12-14H2,1-7H3,(H,23,28)(H,24,26)(H,25,27). The summed E-state index contributed by atoms with van der Waals surface area (Å²) in [6.07, 6.45) is -0.679. The number of amides is 3. The number of ether oxygens (including phenoxy) is 2. The zero-order valence-electron chi connectivity index (χ0n) is 19.5. The molecule has 1 unspecified atom stereocenters. The second-order valence-electron chi connectivity index (χ2n) is 9.08. The van der Waals surface area contributed by atoms with Crippen molar-refractivity contribution < 1.29 is 23.9 Å². The fraction of sp³-hybridized carbons (Fsp3) is 0.591. The normalized spacial score (nSPS) is 12.5. The van der Waals surface area contributed by atoms with Crippen molar-refractivity contribution in [3.63, 3.8) is 0 Å². The van der Waals surface area contributed by atoms with Crippen molar-refractivity contribution in [2.75, 3.05) is 13.7 Å². The molecule has 31 heavy (non-hydrogen) atoms. The molecule has 1 rings (SSSR count). The Morgan fingerprint density at radius 1 is 1.03 bits per heavy atom. The summed E-state index contributed by atoms with van der Waals surface area (Å²) in [5.41, 5.74) is 0.0750. The van der Waals surface area contributed by atoms with Crippen molar-refractivity contribution in [2.24, 2.45) is 0 Å². The maximum absolute atomic E-state index is 12.7. The molecule has 1 atom stereocenters. The molecule has 0 aliphatic rings. The Morgan fingerprint density at radius 3 is 2.16 bits per heavy atom. The fourth-order valence-electron chi connectivity index (χ4n) is 2.37. The van der Waals surface area contributed by atoms with Gasteiger partial charge in [-0.2, -0.15) is 0 Å². The molecule has 3 N–H and O–H groups in total. The zero-order valence-corrected chi connectivity index (χ0v) is 21.2. The summed E-state index contributed by atoms with van der Waals surface area (Å²) in [6.45, 7) is 10.6. The van der Waals surface area contributed by atoms with Crippen LogP contribution >= 0.6 is 0 Å². The van der Waals surface area contributed by atoms with E-state index in [0.29, 0.717) is 5.32 Å². The maximum atomic E-state index is 12.7. The van der Waals surface area contributed by atoms with E-state index in [-0.39, 0.29) is 27.4 Å². The summed E-state index contributed by atoms with van der Waals surface area (Å²) in [7, 11) is 1.62. The van der Waals surface area contributed by atoms with Crippen LogP contribution in [0.25, 0.3) is 0 Å². The number of carbonyl (C=O) groups is 3. The van der Waals surface area contributed by atoms with Crippen LogP contribution in [0.3, 0.4) is 0 Å². The number of methoxy groups -OCH3 is 1. The molecule has 0 aliphatic carbocycles. The average Bonchev–Trinajstić information content (AvgIpc) is 2.63. The van der Waals surface area contributed by atoms with Crippen LogP contribution in [0.4, 0.5) is 4.79 Å². The molecule has 0 bridgehead atoms. The van der Waals surface area contributed by atoms with Crippen molar-refractivity contribution in [1.82, 2.24) is 16.0 Å². The third kappa shape index (κ3) is 12.3. The zero-order chi connectivity index (χ0) is 23.7. The summed E-state index contributed by atoms with van der Waals surface area (Å²) in [5, 5.41) is 9.41. The Bertz CT molecular complexity index is 739. The Kier molecular flexibility index (Phi) is 10.3. The minimum atomic E-state index is -0.679. The van der Waals surface area contributed by atoms with Crippen molar-refractivity contribution in [1.29, 1.82) is 0 Å². The van der Waals surface area contributed by atoms with Gasteiger partial charge in [0.15, 0.2) is 0 Å². The van der Waals surface area contributed by atoms with E-state index >= 15 is 0 Å². The van der Waals surface area contributed by atoms with Crippen LogP contribution in [0.5, 0.6) is 5.75 Å². The summed E-state index contributed by atoms with van der Waals surface area (Å²) in [5.74, 6) is 0.110. The van der Waals surface area contributed by atoms with Gasteiger partial charge in [-0.15, -0.1) is 0 Å². The van der Waals surface area contributed by atoms with Gasteiger partial charge >= 0.3 is 191 Å². The minimum absolute atomic E-state index is 0.0837. The molecule has 8 nitrogen and oxygen atoms in total. The predicted molar refractivity (Wildman–Crippen MR) is 121 cm³/mol. The number of hydrogen-bond acceptors (Lipinski definition) is 5. The molecule has 0 fully saturated rings. The van der Waals surface area contributed by atoms with E-state index in [4.69, 9.17) is 9.47 Å². The molecule has 0 radical (unpaired) electrons. The second-order valence-corrected chi connectivity index (χ2v) is 11.2. The van der Waals surface area contributed by atoms with Gasteiger partial charge in [0.05, 0.1) is 0 Å². The number of benzene rings is 1. The molecular formula is C22H35N3O5Se. The van der Waals surface area contributed by atoms with Crippen LogP contribution in [0, 0.1) is 0 Å². The fourth-order valence-corrected chi connectivity index (χ4v) is 4.50. The number of nitrogens with one attached hydrogen (secondary N) is 3. The third-order valence-electron chi connectivity index (χ3n) is 3.65. The van der Waals surface area contributed by atoms with Gasteiger partial charge < -0.3 is 0 Å². The first-order valence-corrected chi connectivity index (χ1v) is 12.5. The van der Waals surface area contributed by atoms with E-state index in [1.165, 1.54) is 0 Å². The second kappa shape index (κ2) is 12.0. The molecule has 0 heterocycles. The van der Waals surface area contributed by atoms with Crippen LogP contribution in [0.15, 0.2) is 24.3 Å².